The molecule has 2 heterocycles. The Morgan fingerprint density at radius 2 is 2.24 bits per heavy atom. The zero-order chi connectivity index (χ0) is 12.1. The van der Waals surface area contributed by atoms with Crippen molar-refractivity contribution in [3.8, 4) is 0 Å². The van der Waals surface area contributed by atoms with Gasteiger partial charge in [-0.1, -0.05) is 37.8 Å². The molecule has 1 atom stereocenters. The van der Waals surface area contributed by atoms with Gasteiger partial charge in [-0.25, -0.2) is 0 Å². The predicted octanol–water partition coefficient (Wildman–Crippen LogP) is 4.65. The fourth-order valence-electron chi connectivity index (χ4n) is 2.92. The van der Waals surface area contributed by atoms with Crippen LogP contribution in [0.3, 0.4) is 0 Å². The van der Waals surface area contributed by atoms with Gasteiger partial charge in [-0.15, -0.1) is 11.3 Å². The van der Waals surface area contributed by atoms with Crippen LogP contribution < -0.4 is 5.32 Å². The number of nitrogens with one attached hydrogen (secondary N) is 1. The molecular formula is C14H22ClNS. The van der Waals surface area contributed by atoms with Gasteiger partial charge in [-0.3, -0.25) is 0 Å². The lowest BCUT2D eigenvalue weighted by atomic mass is 9.85. The van der Waals surface area contributed by atoms with E-state index in [0.717, 1.165) is 10.8 Å². The Kier molecular flexibility index (Phi) is 4.89. The predicted molar refractivity (Wildman–Crippen MR) is 77.1 cm³/mol. The van der Waals surface area contributed by atoms with Gasteiger partial charge in [0.25, 0.3) is 0 Å². The average Bonchev–Trinajstić information content (AvgIpc) is 2.57. The SMILES string of the molecule is CCCC1(Cc2ccc(Cl)s2)CCCCCN1. The molecule has 0 bridgehead atoms. The highest BCUT2D eigenvalue weighted by molar-refractivity contribution is 7.16. The van der Waals surface area contributed by atoms with Gasteiger partial charge in [0.1, 0.15) is 0 Å². The van der Waals surface area contributed by atoms with E-state index in [9.17, 15) is 0 Å². The third-order valence-corrected chi connectivity index (χ3v) is 4.93. The molecule has 1 aromatic heterocycles. The van der Waals surface area contributed by atoms with Crippen molar-refractivity contribution in [1.29, 1.82) is 0 Å². The number of hydrogen-bond acceptors (Lipinski definition) is 2. The molecule has 1 saturated heterocycles. The van der Waals surface area contributed by atoms with Gasteiger partial charge in [0.05, 0.1) is 4.34 Å². The van der Waals surface area contributed by atoms with Crippen molar-refractivity contribution in [2.45, 2.75) is 57.4 Å². The zero-order valence-corrected chi connectivity index (χ0v) is 12.2. The van der Waals surface area contributed by atoms with Crippen LogP contribution in [0.25, 0.3) is 0 Å². The van der Waals surface area contributed by atoms with Gasteiger partial charge in [-0.05, 0) is 37.9 Å². The minimum absolute atomic E-state index is 0.333. The van der Waals surface area contributed by atoms with Crippen LogP contribution in [0.4, 0.5) is 0 Å². The summed E-state index contributed by atoms with van der Waals surface area (Å²) in [7, 11) is 0. The van der Waals surface area contributed by atoms with Gasteiger partial charge in [0.15, 0.2) is 0 Å². The van der Waals surface area contributed by atoms with Crippen LogP contribution in [0.5, 0.6) is 0 Å². The minimum Gasteiger partial charge on any atom is -0.311 e. The second-order valence-electron chi connectivity index (χ2n) is 5.15. The highest BCUT2D eigenvalue weighted by Gasteiger charge is 2.30. The maximum atomic E-state index is 6.03. The standard InChI is InChI=1S/C14H22ClNS/c1-2-8-14(9-4-3-5-10-16-14)11-12-6-7-13(15)17-12/h6-7,16H,2-5,8-11H2,1H3. The highest BCUT2D eigenvalue weighted by atomic mass is 35.5. The van der Waals surface area contributed by atoms with E-state index in [1.165, 1.54) is 49.9 Å². The number of rotatable bonds is 4. The monoisotopic (exact) mass is 271 g/mol. The molecule has 1 fully saturated rings. The molecule has 1 aliphatic heterocycles. The minimum atomic E-state index is 0.333. The molecule has 3 heteroatoms. The largest absolute Gasteiger partial charge is 0.311 e. The van der Waals surface area contributed by atoms with Crippen molar-refractivity contribution in [3.63, 3.8) is 0 Å². The quantitative estimate of drug-likeness (QED) is 0.841. The van der Waals surface area contributed by atoms with Crippen LogP contribution in [0.2, 0.25) is 4.34 Å². The van der Waals surface area contributed by atoms with Crippen LogP contribution in [-0.2, 0) is 6.42 Å². The van der Waals surface area contributed by atoms with Crippen LogP contribution in [0, 0.1) is 0 Å². The molecule has 0 spiro atoms. The molecule has 0 aliphatic carbocycles. The van der Waals surface area contributed by atoms with E-state index in [1.807, 2.05) is 6.07 Å². The summed E-state index contributed by atoms with van der Waals surface area (Å²) in [4.78, 5) is 1.43. The maximum absolute atomic E-state index is 6.03. The van der Waals surface area contributed by atoms with Crippen LogP contribution in [0.1, 0.15) is 50.3 Å². The van der Waals surface area contributed by atoms with E-state index in [0.29, 0.717) is 5.54 Å². The summed E-state index contributed by atoms with van der Waals surface area (Å²) in [5, 5.41) is 3.82. The van der Waals surface area contributed by atoms with Gasteiger partial charge >= 0.3 is 0 Å². The molecule has 1 unspecified atom stereocenters. The molecule has 1 aromatic rings. The number of thiophene rings is 1. The van der Waals surface area contributed by atoms with Crippen molar-refractivity contribution in [1.82, 2.24) is 5.32 Å². The smallest absolute Gasteiger partial charge is 0.0931 e. The van der Waals surface area contributed by atoms with Crippen molar-refractivity contribution in [3.05, 3.63) is 21.3 Å². The summed E-state index contributed by atoms with van der Waals surface area (Å²) in [6.45, 7) is 3.47. The Hall–Kier alpha value is -0.0500. The first-order valence-electron chi connectivity index (χ1n) is 6.73. The Labute approximate surface area is 114 Å². The van der Waals surface area contributed by atoms with E-state index < -0.39 is 0 Å². The van der Waals surface area contributed by atoms with E-state index in [4.69, 9.17) is 11.6 Å². The normalized spacial score (nSPS) is 25.8. The summed E-state index contributed by atoms with van der Waals surface area (Å²) >= 11 is 7.77. The summed E-state index contributed by atoms with van der Waals surface area (Å²) in [5.41, 5.74) is 0.333. The van der Waals surface area contributed by atoms with Crippen LogP contribution >= 0.6 is 22.9 Å². The van der Waals surface area contributed by atoms with Crippen molar-refractivity contribution in [2.24, 2.45) is 0 Å². The van der Waals surface area contributed by atoms with Gasteiger partial charge in [0.2, 0.25) is 0 Å². The first kappa shape index (κ1) is 13.4. The summed E-state index contributed by atoms with van der Waals surface area (Å²) in [5.74, 6) is 0. The zero-order valence-electron chi connectivity index (χ0n) is 10.6. The van der Waals surface area contributed by atoms with E-state index >= 15 is 0 Å². The molecule has 1 nitrogen and oxygen atoms in total. The average molecular weight is 272 g/mol. The Morgan fingerprint density at radius 1 is 1.35 bits per heavy atom. The van der Waals surface area contributed by atoms with Crippen molar-refractivity contribution in [2.75, 3.05) is 6.54 Å². The molecule has 1 N–H and O–H groups in total. The first-order chi connectivity index (χ1) is 8.24. The van der Waals surface area contributed by atoms with E-state index in [1.54, 1.807) is 11.3 Å². The topological polar surface area (TPSA) is 12.0 Å². The third-order valence-electron chi connectivity index (χ3n) is 3.70. The molecule has 0 aromatic carbocycles. The molecule has 1 aliphatic rings. The number of halogens is 1. The number of hydrogen-bond donors (Lipinski definition) is 1. The molecule has 96 valence electrons. The third kappa shape index (κ3) is 3.70. The lowest BCUT2D eigenvalue weighted by molar-refractivity contribution is 0.290. The Bertz CT molecular complexity index is 340. The lowest BCUT2D eigenvalue weighted by Crippen LogP contribution is -2.46. The summed E-state index contributed by atoms with van der Waals surface area (Å²) in [6.07, 6.45) is 9.08. The molecule has 17 heavy (non-hydrogen) atoms. The van der Waals surface area contributed by atoms with Gasteiger partial charge in [0, 0.05) is 16.8 Å². The van der Waals surface area contributed by atoms with Crippen LogP contribution in [-0.4, -0.2) is 12.1 Å². The fraction of sp³-hybridized carbons (Fsp3) is 0.714. The highest BCUT2D eigenvalue weighted by Crippen LogP contribution is 2.31. The second kappa shape index (κ2) is 6.21. The van der Waals surface area contributed by atoms with Crippen LogP contribution in [0.15, 0.2) is 12.1 Å². The van der Waals surface area contributed by atoms with E-state index in [2.05, 4.69) is 18.3 Å². The summed E-state index contributed by atoms with van der Waals surface area (Å²) in [6, 6.07) is 4.22. The second-order valence-corrected chi connectivity index (χ2v) is 6.95. The van der Waals surface area contributed by atoms with E-state index in [-0.39, 0.29) is 0 Å². The maximum Gasteiger partial charge on any atom is 0.0931 e. The van der Waals surface area contributed by atoms with Gasteiger partial charge in [-0.2, -0.15) is 0 Å². The first-order valence-corrected chi connectivity index (χ1v) is 7.93. The molecular weight excluding hydrogens is 250 g/mol. The molecule has 2 rings (SSSR count). The Balaban J connectivity index is 2.09. The van der Waals surface area contributed by atoms with Crippen molar-refractivity contribution >= 4 is 22.9 Å². The molecule has 0 amide bonds. The van der Waals surface area contributed by atoms with Crippen molar-refractivity contribution < 1.29 is 0 Å². The molecule has 0 saturated carbocycles. The molecule has 0 radical (unpaired) electrons. The lowest BCUT2D eigenvalue weighted by Gasteiger charge is -2.33. The summed E-state index contributed by atoms with van der Waals surface area (Å²) < 4.78 is 0.917. The fourth-order valence-corrected chi connectivity index (χ4v) is 4.15. The van der Waals surface area contributed by atoms with Gasteiger partial charge < -0.3 is 5.32 Å². The Morgan fingerprint density at radius 3 is 2.94 bits per heavy atom.